The zero-order valence-electron chi connectivity index (χ0n) is 32.4. The van der Waals surface area contributed by atoms with Crippen LogP contribution in [-0.2, 0) is 45.7 Å². The molecule has 3 aromatic rings. The fourth-order valence-electron chi connectivity index (χ4n) is 11.3. The number of amides is 1. The summed E-state index contributed by atoms with van der Waals surface area (Å²) in [5, 5.41) is 14.2. The van der Waals surface area contributed by atoms with Crippen molar-refractivity contribution in [3.05, 3.63) is 113 Å². The van der Waals surface area contributed by atoms with Crippen LogP contribution in [0.1, 0.15) is 81.5 Å². The second-order valence-corrected chi connectivity index (χ2v) is 18.1. The smallest absolute Gasteiger partial charge is 0.327 e. The van der Waals surface area contributed by atoms with Crippen molar-refractivity contribution >= 4 is 18.0 Å². The van der Waals surface area contributed by atoms with E-state index in [4.69, 9.17) is 23.8 Å². The first kappa shape index (κ1) is 36.4. The summed E-state index contributed by atoms with van der Waals surface area (Å²) in [7, 11) is 0. The Balaban J connectivity index is 0.953. The van der Waals surface area contributed by atoms with E-state index in [0.29, 0.717) is 23.4 Å². The van der Waals surface area contributed by atoms with Gasteiger partial charge >= 0.3 is 5.97 Å². The molecule has 0 aromatic heterocycles. The molecule has 4 saturated heterocycles. The summed E-state index contributed by atoms with van der Waals surface area (Å²) in [6.45, 7) is 7.19. The zero-order chi connectivity index (χ0) is 38.5. The lowest BCUT2D eigenvalue weighted by Gasteiger charge is -2.53. The van der Waals surface area contributed by atoms with Gasteiger partial charge in [-0.25, -0.2) is 0 Å². The summed E-state index contributed by atoms with van der Waals surface area (Å²) >= 11 is 0. The predicted molar refractivity (Wildman–Crippen MR) is 206 cm³/mol. The molecular weight excluding hydrogens is 709 g/mol. The maximum atomic E-state index is 14.4. The minimum Gasteiger partial charge on any atom is -0.458 e. The summed E-state index contributed by atoms with van der Waals surface area (Å²) < 4.78 is 26.4. The van der Waals surface area contributed by atoms with Crippen LogP contribution in [0.25, 0.3) is 6.08 Å². The van der Waals surface area contributed by atoms with Gasteiger partial charge in [0.1, 0.15) is 29.8 Å². The summed E-state index contributed by atoms with van der Waals surface area (Å²) in [5.41, 5.74) is 4.25. The lowest BCUT2D eigenvalue weighted by Crippen LogP contribution is -2.69. The Bertz CT molecular complexity index is 1980. The molecule has 2 bridgehead atoms. The first-order chi connectivity index (χ1) is 27.0. The number of carbonyl (C=O) groups is 2. The number of allylic oxidation sites excluding steroid dienone is 1. The molecule has 1 amide bonds. The molecule has 4 aliphatic heterocycles. The molecule has 2 N–H and O–H groups in total. The molecule has 7 aliphatic rings. The van der Waals surface area contributed by atoms with Gasteiger partial charge in [0.25, 0.3) is 0 Å². The van der Waals surface area contributed by atoms with Crippen molar-refractivity contribution in [3.63, 3.8) is 0 Å². The number of nitrogens with zero attached hydrogens (tertiary/aromatic N) is 1. The third-order valence-electron chi connectivity index (χ3n) is 14.3. The van der Waals surface area contributed by atoms with Crippen molar-refractivity contribution in [2.45, 2.75) is 114 Å². The SMILES string of the molecule is CC1(C)C[C@@H]2C(=Cc3ccc(CN4O[C@@H]5[C@H]6OC(c7ccccc7)(c7ccccc7)O[C@H]6[C@@H]6C[C@]5(C(=O)NCCO)[C@@H]4C(=O)O6)cc3)CCC3O[C@]3(C)CC[C@H]21. The fourth-order valence-corrected chi connectivity index (χ4v) is 11.3. The quantitative estimate of drug-likeness (QED) is 0.209. The summed E-state index contributed by atoms with van der Waals surface area (Å²) in [6.07, 6.45) is 5.58. The van der Waals surface area contributed by atoms with E-state index in [-0.39, 0.29) is 37.6 Å². The van der Waals surface area contributed by atoms with E-state index in [1.165, 1.54) is 18.4 Å². The number of hydrogen-bond donors (Lipinski definition) is 2. The number of benzene rings is 3. The average Bonchev–Trinajstić information content (AvgIpc) is 3.48. The second kappa shape index (κ2) is 13.3. The van der Waals surface area contributed by atoms with Crippen LogP contribution < -0.4 is 5.32 Å². The standard InChI is InChI=1S/C46H52N2O8/c1-43(2)25-33-30(18-19-36-44(3,53-36)21-20-34(33)43)24-28-14-16-29(17-15-28)27-48-39-41(50)52-35-26-45(39,42(51)47-22-23-49)40(56-48)38-37(35)54-46(55-38,31-10-6-4-7-11-31)32-12-8-5-9-13-32/h4-17,24,33-40,49H,18-23,25-27H2,1-3H3,(H,47,51)/t33-,34-,35+,36?,37+,38+,39+,40-,44-,45+/m1/s1. The van der Waals surface area contributed by atoms with E-state index in [1.54, 1.807) is 5.06 Å². The molecule has 10 atom stereocenters. The Morgan fingerprint density at radius 2 is 1.59 bits per heavy atom. The molecule has 3 saturated carbocycles. The third kappa shape index (κ3) is 5.66. The van der Waals surface area contributed by atoms with Crippen molar-refractivity contribution in [2.75, 3.05) is 13.2 Å². The van der Waals surface area contributed by atoms with Crippen LogP contribution in [0.15, 0.2) is 90.5 Å². The zero-order valence-corrected chi connectivity index (χ0v) is 32.4. The van der Waals surface area contributed by atoms with Crippen LogP contribution in [0.2, 0.25) is 0 Å². The molecule has 7 fully saturated rings. The van der Waals surface area contributed by atoms with Gasteiger partial charge in [0.05, 0.1) is 24.9 Å². The molecule has 0 radical (unpaired) electrons. The molecule has 4 heterocycles. The van der Waals surface area contributed by atoms with Crippen molar-refractivity contribution < 1.29 is 38.5 Å². The summed E-state index contributed by atoms with van der Waals surface area (Å²) in [6, 6.07) is 26.9. The highest BCUT2D eigenvalue weighted by atomic mass is 16.8. The monoisotopic (exact) mass is 760 g/mol. The number of epoxide rings is 1. The first-order valence-electron chi connectivity index (χ1n) is 20.5. The Kier molecular flexibility index (Phi) is 8.67. The Labute approximate surface area is 328 Å². The van der Waals surface area contributed by atoms with Gasteiger partial charge in [-0.3, -0.25) is 14.4 Å². The van der Waals surface area contributed by atoms with Gasteiger partial charge in [-0.1, -0.05) is 110 Å². The molecule has 10 nitrogen and oxygen atoms in total. The van der Waals surface area contributed by atoms with Crippen LogP contribution >= 0.6 is 0 Å². The molecule has 0 spiro atoms. The normalized spacial score (nSPS) is 38.1. The van der Waals surface area contributed by atoms with Crippen LogP contribution in [0.5, 0.6) is 0 Å². The van der Waals surface area contributed by atoms with E-state index in [0.717, 1.165) is 41.5 Å². The van der Waals surface area contributed by atoms with Crippen LogP contribution in [0, 0.1) is 22.7 Å². The number of fused-ring (bicyclic) bond motifs is 6. The molecule has 3 aromatic carbocycles. The van der Waals surface area contributed by atoms with Crippen molar-refractivity contribution in [1.29, 1.82) is 0 Å². The number of ether oxygens (including phenoxy) is 4. The highest BCUT2D eigenvalue weighted by Gasteiger charge is 2.76. The summed E-state index contributed by atoms with van der Waals surface area (Å²) in [5.74, 6) is -0.945. The van der Waals surface area contributed by atoms with Gasteiger partial charge in [0.2, 0.25) is 11.7 Å². The second-order valence-electron chi connectivity index (χ2n) is 18.1. The summed E-state index contributed by atoms with van der Waals surface area (Å²) in [4.78, 5) is 35.3. The van der Waals surface area contributed by atoms with Crippen molar-refractivity contribution in [1.82, 2.24) is 10.4 Å². The minimum atomic E-state index is -1.33. The first-order valence-corrected chi connectivity index (χ1v) is 20.5. The average molecular weight is 761 g/mol. The highest BCUT2D eigenvalue weighted by molar-refractivity contribution is 5.93. The lowest BCUT2D eigenvalue weighted by atomic mass is 9.52. The minimum absolute atomic E-state index is 0.0478. The predicted octanol–water partition coefficient (Wildman–Crippen LogP) is 6.06. The van der Waals surface area contributed by atoms with Gasteiger partial charge in [0.15, 0.2) is 6.04 Å². The van der Waals surface area contributed by atoms with Crippen LogP contribution in [-0.4, -0.2) is 77.4 Å². The van der Waals surface area contributed by atoms with E-state index in [2.05, 4.69) is 56.4 Å². The largest absolute Gasteiger partial charge is 0.458 e. The van der Waals surface area contributed by atoms with Crippen molar-refractivity contribution in [2.24, 2.45) is 22.7 Å². The molecule has 10 rings (SSSR count). The van der Waals surface area contributed by atoms with Crippen LogP contribution in [0.3, 0.4) is 0 Å². The van der Waals surface area contributed by atoms with E-state index in [9.17, 15) is 14.7 Å². The molecule has 1 unspecified atom stereocenters. The van der Waals surface area contributed by atoms with Gasteiger partial charge < -0.3 is 29.4 Å². The van der Waals surface area contributed by atoms with Gasteiger partial charge in [-0.15, -0.1) is 0 Å². The molecule has 294 valence electrons. The van der Waals surface area contributed by atoms with Crippen LogP contribution in [0.4, 0.5) is 0 Å². The van der Waals surface area contributed by atoms with E-state index >= 15 is 0 Å². The van der Waals surface area contributed by atoms with E-state index in [1.807, 2.05) is 60.7 Å². The van der Waals surface area contributed by atoms with Gasteiger partial charge in [-0.2, -0.15) is 5.06 Å². The number of rotatable bonds is 8. The number of nitrogens with one attached hydrogen (secondary N) is 1. The Morgan fingerprint density at radius 3 is 2.27 bits per heavy atom. The third-order valence-corrected chi connectivity index (χ3v) is 14.3. The topological polar surface area (TPSA) is 119 Å². The van der Waals surface area contributed by atoms with Gasteiger partial charge in [0, 0.05) is 24.1 Å². The number of aliphatic hydroxyl groups excluding tert-OH is 1. The highest BCUT2D eigenvalue weighted by Crippen LogP contribution is 2.61. The fraction of sp³-hybridized carbons (Fsp3) is 0.522. The molecule has 56 heavy (non-hydrogen) atoms. The maximum absolute atomic E-state index is 14.4. The Hall–Kier alpha value is -3.90. The Morgan fingerprint density at radius 1 is 0.893 bits per heavy atom. The van der Waals surface area contributed by atoms with E-state index < -0.39 is 47.6 Å². The number of hydrogen-bond acceptors (Lipinski definition) is 9. The van der Waals surface area contributed by atoms with Gasteiger partial charge in [-0.05, 0) is 67.4 Å². The van der Waals surface area contributed by atoms with Crippen molar-refractivity contribution in [3.8, 4) is 0 Å². The number of esters is 1. The molecular formula is C46H52N2O8. The molecule has 3 aliphatic carbocycles. The number of hydroxylamine groups is 2. The number of carbonyl (C=O) groups excluding carboxylic acids is 2. The maximum Gasteiger partial charge on any atom is 0.327 e. The molecule has 10 heteroatoms. The number of aliphatic hydroxyl groups is 1. The lowest BCUT2D eigenvalue weighted by molar-refractivity contribution is -0.213.